The van der Waals surface area contributed by atoms with Crippen LogP contribution in [0.25, 0.3) is 0 Å². The first-order valence-corrected chi connectivity index (χ1v) is 7.26. The molecule has 0 amide bonds. The van der Waals surface area contributed by atoms with E-state index in [-0.39, 0.29) is 4.83 Å². The molecule has 1 atom stereocenters. The second-order valence-electron chi connectivity index (χ2n) is 4.56. The number of halogens is 3. The summed E-state index contributed by atoms with van der Waals surface area (Å²) in [7, 11) is 3.13. The predicted molar refractivity (Wildman–Crippen MR) is 81.3 cm³/mol. The molecule has 2 aromatic carbocycles. The number of ether oxygens (including phenoxy) is 2. The van der Waals surface area contributed by atoms with Crippen molar-refractivity contribution in [2.75, 3.05) is 14.2 Å². The van der Waals surface area contributed by atoms with Crippen LogP contribution in [0.4, 0.5) is 8.78 Å². The van der Waals surface area contributed by atoms with E-state index < -0.39 is 11.6 Å². The molecule has 2 aromatic rings. The molecule has 1 unspecified atom stereocenters. The van der Waals surface area contributed by atoms with Crippen LogP contribution >= 0.6 is 15.9 Å². The van der Waals surface area contributed by atoms with E-state index in [4.69, 9.17) is 9.47 Å². The van der Waals surface area contributed by atoms with Gasteiger partial charge < -0.3 is 9.47 Å². The van der Waals surface area contributed by atoms with Crippen LogP contribution in [0.15, 0.2) is 36.4 Å². The molecule has 0 radical (unpaired) electrons. The van der Waals surface area contributed by atoms with Gasteiger partial charge in [0.2, 0.25) is 0 Å². The summed E-state index contributed by atoms with van der Waals surface area (Å²) in [6.45, 7) is 0. The van der Waals surface area contributed by atoms with Gasteiger partial charge in [-0.05, 0) is 41.8 Å². The Kier molecular flexibility index (Phi) is 5.17. The van der Waals surface area contributed by atoms with Gasteiger partial charge in [-0.2, -0.15) is 0 Å². The monoisotopic (exact) mass is 356 g/mol. The normalized spacial score (nSPS) is 12.0. The standard InChI is InChI=1S/C16H15BrF2O2/c1-20-15-4-3-10(6-16(15)21-2)5-14(17)11-7-12(18)9-13(19)8-11/h3-4,6-9,14H,5H2,1-2H3. The number of hydrogen-bond acceptors (Lipinski definition) is 2. The first kappa shape index (κ1) is 15.8. The van der Waals surface area contributed by atoms with Crippen molar-refractivity contribution in [3.8, 4) is 11.5 Å². The van der Waals surface area contributed by atoms with E-state index >= 15 is 0 Å². The van der Waals surface area contributed by atoms with Gasteiger partial charge >= 0.3 is 0 Å². The van der Waals surface area contributed by atoms with Crippen LogP contribution < -0.4 is 9.47 Å². The average molecular weight is 357 g/mol. The number of methoxy groups -OCH3 is 2. The molecular formula is C16H15BrF2O2. The third-order valence-electron chi connectivity index (χ3n) is 3.11. The smallest absolute Gasteiger partial charge is 0.160 e. The van der Waals surface area contributed by atoms with Gasteiger partial charge in [-0.3, -0.25) is 0 Å². The van der Waals surface area contributed by atoms with E-state index in [9.17, 15) is 8.78 Å². The fourth-order valence-electron chi connectivity index (χ4n) is 2.09. The van der Waals surface area contributed by atoms with Crippen molar-refractivity contribution < 1.29 is 18.3 Å². The van der Waals surface area contributed by atoms with Gasteiger partial charge in [0.25, 0.3) is 0 Å². The lowest BCUT2D eigenvalue weighted by Gasteiger charge is -2.13. The number of benzene rings is 2. The zero-order chi connectivity index (χ0) is 15.4. The summed E-state index contributed by atoms with van der Waals surface area (Å²) in [6, 6.07) is 9.06. The molecule has 0 saturated carbocycles. The van der Waals surface area contributed by atoms with Crippen LogP contribution in [0.1, 0.15) is 16.0 Å². The first-order valence-electron chi connectivity index (χ1n) is 6.34. The molecule has 112 valence electrons. The lowest BCUT2D eigenvalue weighted by atomic mass is 10.0. The first-order chi connectivity index (χ1) is 10.0. The van der Waals surface area contributed by atoms with Gasteiger partial charge in [0.1, 0.15) is 11.6 Å². The Bertz CT molecular complexity index is 611. The van der Waals surface area contributed by atoms with E-state index in [2.05, 4.69) is 15.9 Å². The van der Waals surface area contributed by atoms with Gasteiger partial charge in [-0.25, -0.2) is 8.78 Å². The summed E-state index contributed by atoms with van der Waals surface area (Å²) in [5.74, 6) is 0.104. The molecular weight excluding hydrogens is 342 g/mol. The minimum atomic E-state index is -0.582. The van der Waals surface area contributed by atoms with Crippen molar-refractivity contribution in [3.63, 3.8) is 0 Å². The number of rotatable bonds is 5. The second-order valence-corrected chi connectivity index (χ2v) is 5.67. The van der Waals surface area contributed by atoms with E-state index in [1.807, 2.05) is 12.1 Å². The highest BCUT2D eigenvalue weighted by Crippen LogP contribution is 2.32. The maximum Gasteiger partial charge on any atom is 0.160 e. The molecule has 21 heavy (non-hydrogen) atoms. The second kappa shape index (κ2) is 6.89. The fraction of sp³-hybridized carbons (Fsp3) is 0.250. The summed E-state index contributed by atoms with van der Waals surface area (Å²) in [6.07, 6.45) is 0.573. The molecule has 0 aliphatic rings. The maximum atomic E-state index is 13.2. The zero-order valence-corrected chi connectivity index (χ0v) is 13.3. The molecule has 0 bridgehead atoms. The molecule has 0 heterocycles. The lowest BCUT2D eigenvalue weighted by molar-refractivity contribution is 0.354. The summed E-state index contributed by atoms with van der Waals surface area (Å²) in [5.41, 5.74) is 1.53. The lowest BCUT2D eigenvalue weighted by Crippen LogP contribution is -1.99. The van der Waals surface area contributed by atoms with Gasteiger partial charge in [0.05, 0.1) is 14.2 Å². The van der Waals surface area contributed by atoms with Crippen LogP contribution in [0.5, 0.6) is 11.5 Å². The number of hydrogen-bond donors (Lipinski definition) is 0. The van der Waals surface area contributed by atoms with Crippen LogP contribution in [-0.2, 0) is 6.42 Å². The summed E-state index contributed by atoms with van der Waals surface area (Å²) in [4.78, 5) is -0.194. The Balaban J connectivity index is 2.20. The highest BCUT2D eigenvalue weighted by molar-refractivity contribution is 9.09. The minimum absolute atomic E-state index is 0.194. The minimum Gasteiger partial charge on any atom is -0.493 e. The van der Waals surface area contributed by atoms with Crippen molar-refractivity contribution in [2.24, 2.45) is 0 Å². The van der Waals surface area contributed by atoms with Gasteiger partial charge in [-0.1, -0.05) is 22.0 Å². The molecule has 5 heteroatoms. The van der Waals surface area contributed by atoms with E-state index in [1.165, 1.54) is 12.1 Å². The van der Waals surface area contributed by atoms with Crippen molar-refractivity contribution in [3.05, 3.63) is 59.2 Å². The van der Waals surface area contributed by atoms with Crippen LogP contribution in [0.3, 0.4) is 0 Å². The van der Waals surface area contributed by atoms with Crippen LogP contribution in [0, 0.1) is 11.6 Å². The van der Waals surface area contributed by atoms with E-state index in [0.717, 1.165) is 11.6 Å². The molecule has 0 aliphatic heterocycles. The molecule has 0 spiro atoms. The quantitative estimate of drug-likeness (QED) is 0.725. The molecule has 0 aliphatic carbocycles. The van der Waals surface area contributed by atoms with Crippen LogP contribution in [0.2, 0.25) is 0 Å². The van der Waals surface area contributed by atoms with E-state index in [1.54, 1.807) is 20.3 Å². The van der Waals surface area contributed by atoms with Gasteiger partial charge in [0.15, 0.2) is 11.5 Å². The summed E-state index contributed by atoms with van der Waals surface area (Å²) in [5, 5.41) is 0. The van der Waals surface area contributed by atoms with Crippen molar-refractivity contribution in [1.82, 2.24) is 0 Å². The SMILES string of the molecule is COc1ccc(CC(Br)c2cc(F)cc(F)c2)cc1OC. The average Bonchev–Trinajstić information content (AvgIpc) is 2.46. The predicted octanol–water partition coefficient (Wildman–Crippen LogP) is 4.66. The summed E-state index contributed by atoms with van der Waals surface area (Å²) >= 11 is 3.47. The highest BCUT2D eigenvalue weighted by atomic mass is 79.9. The van der Waals surface area contributed by atoms with Crippen LogP contribution in [-0.4, -0.2) is 14.2 Å². The Morgan fingerprint density at radius 3 is 2.14 bits per heavy atom. The third-order valence-corrected chi connectivity index (χ3v) is 3.96. The fourth-order valence-corrected chi connectivity index (χ4v) is 2.73. The maximum absolute atomic E-state index is 13.2. The zero-order valence-electron chi connectivity index (χ0n) is 11.7. The molecule has 0 N–H and O–H groups in total. The van der Waals surface area contributed by atoms with Gasteiger partial charge in [0, 0.05) is 10.9 Å². The number of alkyl halides is 1. The molecule has 0 fully saturated rings. The van der Waals surface area contributed by atoms with Crippen molar-refractivity contribution in [1.29, 1.82) is 0 Å². The Labute approximate surface area is 130 Å². The Morgan fingerprint density at radius 1 is 0.952 bits per heavy atom. The molecule has 0 saturated heterocycles. The van der Waals surface area contributed by atoms with E-state index in [0.29, 0.717) is 23.5 Å². The topological polar surface area (TPSA) is 18.5 Å². The Hall–Kier alpha value is -1.62. The van der Waals surface area contributed by atoms with Gasteiger partial charge in [-0.15, -0.1) is 0 Å². The molecule has 0 aromatic heterocycles. The largest absolute Gasteiger partial charge is 0.493 e. The molecule has 2 rings (SSSR count). The van der Waals surface area contributed by atoms with Crippen molar-refractivity contribution in [2.45, 2.75) is 11.2 Å². The summed E-state index contributed by atoms with van der Waals surface area (Å²) < 4.78 is 36.9. The van der Waals surface area contributed by atoms with Crippen molar-refractivity contribution >= 4 is 15.9 Å². The third kappa shape index (κ3) is 3.94. The Morgan fingerprint density at radius 2 is 1.57 bits per heavy atom. The highest BCUT2D eigenvalue weighted by Gasteiger charge is 2.13. The molecule has 2 nitrogen and oxygen atoms in total.